The molecule has 1 amide bonds. The summed E-state index contributed by atoms with van der Waals surface area (Å²) in [5, 5.41) is 11.3. The van der Waals surface area contributed by atoms with Gasteiger partial charge in [0.05, 0.1) is 30.9 Å². The van der Waals surface area contributed by atoms with Crippen molar-refractivity contribution in [3.8, 4) is 5.75 Å². The highest BCUT2D eigenvalue weighted by Crippen LogP contribution is 2.40. The Morgan fingerprint density at radius 3 is 2.19 bits per heavy atom. The van der Waals surface area contributed by atoms with E-state index in [1.165, 1.54) is 0 Å². The lowest BCUT2D eigenvalue weighted by Crippen LogP contribution is -2.42. The summed E-state index contributed by atoms with van der Waals surface area (Å²) in [4.78, 5) is 30.4. The number of carbonyl (C=O) groups excluding carboxylic acids is 2. The molecule has 2 aliphatic rings. The SMILES string of the molecule is CC(C)Oc1ccc(C(O)=C2C(=O)C(=O)N(CCN3CCOCC3)[C@@H]2c2ccc(C(C)(C)C)cc2)cc1. The van der Waals surface area contributed by atoms with Crippen LogP contribution < -0.4 is 4.74 Å². The van der Waals surface area contributed by atoms with Crippen molar-refractivity contribution in [2.75, 3.05) is 39.4 Å². The number of amides is 1. The third-order valence-electron chi connectivity index (χ3n) is 6.89. The van der Waals surface area contributed by atoms with Gasteiger partial charge in [0.2, 0.25) is 0 Å². The van der Waals surface area contributed by atoms with Crippen molar-refractivity contribution in [3.63, 3.8) is 0 Å². The van der Waals surface area contributed by atoms with Crippen LogP contribution in [0.25, 0.3) is 5.76 Å². The lowest BCUT2D eigenvalue weighted by molar-refractivity contribution is -0.140. The van der Waals surface area contributed by atoms with Crippen LogP contribution >= 0.6 is 0 Å². The molecule has 0 aromatic heterocycles. The van der Waals surface area contributed by atoms with Gasteiger partial charge in [-0.3, -0.25) is 14.5 Å². The summed E-state index contributed by atoms with van der Waals surface area (Å²) in [6.45, 7) is 14.2. The summed E-state index contributed by atoms with van der Waals surface area (Å²) in [7, 11) is 0. The Hall–Kier alpha value is -3.16. The van der Waals surface area contributed by atoms with Crippen molar-refractivity contribution in [1.82, 2.24) is 9.80 Å². The number of aliphatic hydroxyl groups excluding tert-OH is 1. The zero-order chi connectivity index (χ0) is 26.7. The van der Waals surface area contributed by atoms with Crippen LogP contribution in [0.5, 0.6) is 5.75 Å². The van der Waals surface area contributed by atoms with E-state index in [2.05, 4.69) is 25.7 Å². The number of likely N-dealkylation sites (tertiary alicyclic amines) is 1. The van der Waals surface area contributed by atoms with Gasteiger partial charge >= 0.3 is 0 Å². The summed E-state index contributed by atoms with van der Waals surface area (Å²) in [6.07, 6.45) is 0.0207. The van der Waals surface area contributed by atoms with Crippen molar-refractivity contribution in [1.29, 1.82) is 0 Å². The molecular formula is C30H38N2O5. The van der Waals surface area contributed by atoms with Crippen LogP contribution in [0.3, 0.4) is 0 Å². The molecule has 2 aliphatic heterocycles. The van der Waals surface area contributed by atoms with Crippen molar-refractivity contribution in [3.05, 3.63) is 70.8 Å². The van der Waals surface area contributed by atoms with E-state index in [4.69, 9.17) is 9.47 Å². The third kappa shape index (κ3) is 6.05. The Bertz CT molecular complexity index is 1140. The lowest BCUT2D eigenvalue weighted by atomic mass is 9.85. The summed E-state index contributed by atoms with van der Waals surface area (Å²) in [6, 6.07) is 14.3. The fourth-order valence-corrected chi connectivity index (χ4v) is 4.82. The quantitative estimate of drug-likeness (QED) is 0.338. The Morgan fingerprint density at radius 2 is 1.62 bits per heavy atom. The minimum absolute atomic E-state index is 0.0207. The minimum atomic E-state index is -0.665. The molecule has 0 radical (unpaired) electrons. The smallest absolute Gasteiger partial charge is 0.295 e. The molecule has 0 bridgehead atoms. The normalized spacial score (nSPS) is 20.6. The van der Waals surface area contributed by atoms with Gasteiger partial charge in [-0.1, -0.05) is 45.0 Å². The lowest BCUT2D eigenvalue weighted by Gasteiger charge is -2.31. The van der Waals surface area contributed by atoms with Crippen LogP contribution in [0.15, 0.2) is 54.1 Å². The molecule has 37 heavy (non-hydrogen) atoms. The van der Waals surface area contributed by atoms with E-state index < -0.39 is 17.7 Å². The molecule has 0 aliphatic carbocycles. The predicted molar refractivity (Wildman–Crippen MR) is 144 cm³/mol. The molecule has 0 unspecified atom stereocenters. The van der Waals surface area contributed by atoms with Crippen LogP contribution in [0, 0.1) is 0 Å². The number of Topliss-reactive ketones (excluding diaryl/α,β-unsaturated/α-hetero) is 1. The summed E-state index contributed by atoms with van der Waals surface area (Å²) in [5.74, 6) is -0.744. The number of nitrogens with zero attached hydrogens (tertiary/aromatic N) is 2. The third-order valence-corrected chi connectivity index (χ3v) is 6.89. The molecule has 2 aromatic rings. The second-order valence-electron chi connectivity index (χ2n) is 11.0. The molecule has 198 valence electrons. The fraction of sp³-hybridized carbons (Fsp3) is 0.467. The van der Waals surface area contributed by atoms with Crippen LogP contribution in [-0.4, -0.2) is 72.1 Å². The van der Waals surface area contributed by atoms with Crippen molar-refractivity contribution in [2.45, 2.75) is 52.2 Å². The monoisotopic (exact) mass is 506 g/mol. The van der Waals surface area contributed by atoms with E-state index >= 15 is 0 Å². The molecule has 1 N–H and O–H groups in total. The number of hydrogen-bond acceptors (Lipinski definition) is 6. The van der Waals surface area contributed by atoms with Crippen molar-refractivity contribution < 1.29 is 24.2 Å². The van der Waals surface area contributed by atoms with Crippen LogP contribution in [0.2, 0.25) is 0 Å². The van der Waals surface area contributed by atoms with Crippen molar-refractivity contribution in [2.24, 2.45) is 0 Å². The van der Waals surface area contributed by atoms with Gasteiger partial charge in [-0.05, 0) is 54.7 Å². The second-order valence-corrected chi connectivity index (χ2v) is 11.0. The number of carbonyl (C=O) groups is 2. The van der Waals surface area contributed by atoms with Gasteiger partial charge in [-0.25, -0.2) is 0 Å². The molecule has 2 saturated heterocycles. The van der Waals surface area contributed by atoms with Crippen LogP contribution in [0.4, 0.5) is 0 Å². The Balaban J connectivity index is 1.72. The molecule has 2 heterocycles. The zero-order valence-corrected chi connectivity index (χ0v) is 22.5. The van der Waals surface area contributed by atoms with Gasteiger partial charge in [0.25, 0.3) is 11.7 Å². The number of benzene rings is 2. The van der Waals surface area contributed by atoms with Gasteiger partial charge in [-0.15, -0.1) is 0 Å². The Morgan fingerprint density at radius 1 is 1.00 bits per heavy atom. The average Bonchev–Trinajstić information content (AvgIpc) is 3.12. The highest BCUT2D eigenvalue weighted by molar-refractivity contribution is 6.46. The first-order valence-electron chi connectivity index (χ1n) is 13.0. The summed E-state index contributed by atoms with van der Waals surface area (Å²) in [5.41, 5.74) is 2.51. The van der Waals surface area contributed by atoms with Gasteiger partial charge in [0.1, 0.15) is 11.5 Å². The Labute approximate surface area is 219 Å². The van der Waals surface area contributed by atoms with Crippen LogP contribution in [-0.2, 0) is 19.7 Å². The molecule has 2 aromatic carbocycles. The first kappa shape index (κ1) is 26.9. The van der Waals surface area contributed by atoms with Gasteiger partial charge in [-0.2, -0.15) is 0 Å². The van der Waals surface area contributed by atoms with Gasteiger partial charge in [0, 0.05) is 31.7 Å². The maximum absolute atomic E-state index is 13.3. The molecule has 0 saturated carbocycles. The molecular weight excluding hydrogens is 468 g/mol. The fourth-order valence-electron chi connectivity index (χ4n) is 4.82. The number of ketones is 1. The second kappa shape index (κ2) is 11.1. The number of rotatable bonds is 7. The van der Waals surface area contributed by atoms with Crippen LogP contribution in [0.1, 0.15) is 57.4 Å². The summed E-state index contributed by atoms with van der Waals surface area (Å²) < 4.78 is 11.1. The predicted octanol–water partition coefficient (Wildman–Crippen LogP) is 4.53. The molecule has 2 fully saturated rings. The summed E-state index contributed by atoms with van der Waals surface area (Å²) >= 11 is 0. The standard InChI is InChI=1S/C30H38N2O5/c1-20(2)37-24-12-8-22(9-13-24)27(33)25-26(21-6-10-23(11-7-21)30(3,4)5)32(29(35)28(25)34)15-14-31-16-18-36-19-17-31/h6-13,20,26,33H,14-19H2,1-5H3/t26-/m1/s1. The number of aliphatic hydroxyl groups is 1. The maximum atomic E-state index is 13.3. The van der Waals surface area contributed by atoms with E-state index in [0.29, 0.717) is 37.6 Å². The highest BCUT2D eigenvalue weighted by Gasteiger charge is 2.46. The minimum Gasteiger partial charge on any atom is -0.507 e. The number of ether oxygens (including phenoxy) is 2. The van der Waals surface area contributed by atoms with E-state index in [-0.39, 0.29) is 22.9 Å². The van der Waals surface area contributed by atoms with Gasteiger partial charge < -0.3 is 19.5 Å². The topological polar surface area (TPSA) is 79.3 Å². The number of hydrogen-bond donors (Lipinski definition) is 1. The first-order chi connectivity index (χ1) is 17.6. The largest absolute Gasteiger partial charge is 0.507 e. The molecule has 4 rings (SSSR count). The molecule has 7 nitrogen and oxygen atoms in total. The first-order valence-corrected chi connectivity index (χ1v) is 13.0. The Kier molecular flexibility index (Phi) is 8.05. The van der Waals surface area contributed by atoms with E-state index in [1.807, 2.05) is 38.1 Å². The molecule has 0 spiro atoms. The van der Waals surface area contributed by atoms with E-state index in [0.717, 1.165) is 24.2 Å². The van der Waals surface area contributed by atoms with Crippen molar-refractivity contribution >= 4 is 17.4 Å². The molecule has 7 heteroatoms. The zero-order valence-electron chi connectivity index (χ0n) is 22.5. The molecule has 1 atom stereocenters. The highest BCUT2D eigenvalue weighted by atomic mass is 16.5. The maximum Gasteiger partial charge on any atom is 0.295 e. The average molecular weight is 507 g/mol. The number of morpholine rings is 1. The van der Waals surface area contributed by atoms with E-state index in [9.17, 15) is 14.7 Å². The van der Waals surface area contributed by atoms with Gasteiger partial charge in [0.15, 0.2) is 0 Å². The van der Waals surface area contributed by atoms with E-state index in [1.54, 1.807) is 29.2 Å².